The van der Waals surface area contributed by atoms with E-state index in [-0.39, 0.29) is 23.4 Å². The molecule has 3 N–H and O–H groups in total. The van der Waals surface area contributed by atoms with Crippen molar-refractivity contribution in [1.29, 1.82) is 0 Å². The summed E-state index contributed by atoms with van der Waals surface area (Å²) in [5.74, 6) is 0.0297. The van der Waals surface area contributed by atoms with Crippen molar-refractivity contribution in [2.75, 3.05) is 17.7 Å². The van der Waals surface area contributed by atoms with E-state index in [1.54, 1.807) is 12.1 Å². The molecule has 0 amide bonds. The van der Waals surface area contributed by atoms with Crippen LogP contribution in [-0.4, -0.2) is 21.6 Å². The van der Waals surface area contributed by atoms with Gasteiger partial charge >= 0.3 is 0 Å². The number of nitrogens with zero attached hydrogens (tertiary/aromatic N) is 3. The number of para-hydroxylation sites is 1. The van der Waals surface area contributed by atoms with Crippen molar-refractivity contribution in [3.8, 4) is 5.75 Å². The molecule has 3 rings (SSSR count). The Kier molecular flexibility index (Phi) is 4.21. The molecule has 1 aliphatic carbocycles. The van der Waals surface area contributed by atoms with E-state index in [9.17, 15) is 8.78 Å². The van der Waals surface area contributed by atoms with Gasteiger partial charge < -0.3 is 15.8 Å². The van der Waals surface area contributed by atoms with Crippen LogP contribution in [0.1, 0.15) is 32.5 Å². The fourth-order valence-electron chi connectivity index (χ4n) is 2.06. The topological polar surface area (TPSA) is 86.0 Å². The highest BCUT2D eigenvalue weighted by Gasteiger charge is 2.25. The van der Waals surface area contributed by atoms with E-state index in [2.05, 4.69) is 20.3 Å². The predicted octanol–water partition coefficient (Wildman–Crippen LogP) is 3.33. The molecule has 8 heteroatoms. The highest BCUT2D eigenvalue weighted by Crippen LogP contribution is 2.34. The first kappa shape index (κ1) is 16.4. The Morgan fingerprint density at radius 3 is 2.71 bits per heavy atom. The lowest BCUT2D eigenvalue weighted by Gasteiger charge is -2.16. The van der Waals surface area contributed by atoms with Gasteiger partial charge in [-0.2, -0.15) is 15.0 Å². The van der Waals surface area contributed by atoms with Crippen molar-refractivity contribution >= 4 is 17.6 Å². The number of nitrogens with two attached hydrogens (primary N) is 1. The lowest BCUT2D eigenvalue weighted by Crippen LogP contribution is -2.18. The van der Waals surface area contributed by atoms with Crippen LogP contribution in [0, 0.1) is 11.7 Å². The number of rotatable bonds is 6. The Balaban J connectivity index is 1.88. The number of halogens is 2. The van der Waals surface area contributed by atoms with E-state index in [4.69, 9.17) is 10.5 Å². The maximum absolute atomic E-state index is 14.2. The van der Waals surface area contributed by atoms with E-state index in [1.807, 2.05) is 0 Å². The molecule has 0 aliphatic heterocycles. The number of anilines is 3. The molecule has 1 fully saturated rings. The molecule has 128 valence electrons. The summed E-state index contributed by atoms with van der Waals surface area (Å²) in [5.41, 5.74) is 3.89. The summed E-state index contributed by atoms with van der Waals surface area (Å²) in [5, 5.41) is 2.73. The number of aromatic nitrogens is 3. The minimum atomic E-state index is -1.80. The van der Waals surface area contributed by atoms with Gasteiger partial charge in [0.05, 0.1) is 6.61 Å². The molecular weight excluding hydrogens is 316 g/mol. The van der Waals surface area contributed by atoms with Crippen LogP contribution in [0.15, 0.2) is 18.2 Å². The third-order valence-corrected chi connectivity index (χ3v) is 3.57. The third-order valence-electron chi connectivity index (χ3n) is 3.57. The van der Waals surface area contributed by atoms with Crippen LogP contribution in [0.3, 0.4) is 0 Å². The van der Waals surface area contributed by atoms with E-state index in [1.165, 1.54) is 19.9 Å². The molecule has 0 spiro atoms. The van der Waals surface area contributed by atoms with Gasteiger partial charge in [0, 0.05) is 0 Å². The van der Waals surface area contributed by atoms with Crippen LogP contribution in [0.4, 0.5) is 26.4 Å². The molecule has 1 aliphatic rings. The zero-order chi connectivity index (χ0) is 17.3. The Morgan fingerprint density at radius 2 is 2.04 bits per heavy atom. The average Bonchev–Trinajstić information content (AvgIpc) is 3.31. The van der Waals surface area contributed by atoms with Crippen LogP contribution < -0.4 is 15.8 Å². The summed E-state index contributed by atoms with van der Waals surface area (Å²) in [6, 6.07) is 4.50. The second kappa shape index (κ2) is 6.18. The standard InChI is InChI=1S/C16H19F2N5O/c1-16(2,18)13-21-14(19)23-15(22-13)20-12-10(17)4-3-5-11(12)24-8-9-6-7-9/h3-5,9H,6-8H2,1-2H3,(H3,19,20,21,22,23). The van der Waals surface area contributed by atoms with E-state index in [0.717, 1.165) is 12.8 Å². The number of ether oxygens (including phenoxy) is 1. The molecule has 0 bridgehead atoms. The number of nitrogens with one attached hydrogen (secondary N) is 1. The second-order valence-electron chi connectivity index (χ2n) is 6.31. The van der Waals surface area contributed by atoms with Gasteiger partial charge in [-0.1, -0.05) is 6.07 Å². The van der Waals surface area contributed by atoms with Gasteiger partial charge in [-0.15, -0.1) is 0 Å². The van der Waals surface area contributed by atoms with Crippen molar-refractivity contribution in [3.63, 3.8) is 0 Å². The number of alkyl halides is 1. The maximum atomic E-state index is 14.2. The zero-order valence-electron chi connectivity index (χ0n) is 13.5. The molecule has 6 nitrogen and oxygen atoms in total. The predicted molar refractivity (Wildman–Crippen MR) is 86.3 cm³/mol. The summed E-state index contributed by atoms with van der Waals surface area (Å²) in [6.07, 6.45) is 2.24. The number of hydrogen-bond acceptors (Lipinski definition) is 6. The Labute approximate surface area is 138 Å². The minimum Gasteiger partial charge on any atom is -0.491 e. The first-order chi connectivity index (χ1) is 11.3. The molecule has 0 unspecified atom stereocenters. The normalized spacial score (nSPS) is 14.5. The SMILES string of the molecule is CC(C)(F)c1nc(N)nc(Nc2c(F)cccc2OCC2CC2)n1. The van der Waals surface area contributed by atoms with E-state index in [0.29, 0.717) is 18.3 Å². The Bertz CT molecular complexity index is 744. The van der Waals surface area contributed by atoms with E-state index >= 15 is 0 Å². The molecule has 1 aromatic heterocycles. The highest BCUT2D eigenvalue weighted by molar-refractivity contribution is 5.63. The third kappa shape index (κ3) is 3.87. The Hall–Kier alpha value is -2.51. The summed E-state index contributed by atoms with van der Waals surface area (Å²) in [7, 11) is 0. The number of benzene rings is 1. The zero-order valence-corrected chi connectivity index (χ0v) is 13.5. The second-order valence-corrected chi connectivity index (χ2v) is 6.31. The van der Waals surface area contributed by atoms with Crippen LogP contribution in [0.25, 0.3) is 0 Å². The van der Waals surface area contributed by atoms with Crippen LogP contribution >= 0.6 is 0 Å². The summed E-state index contributed by atoms with van der Waals surface area (Å²) >= 11 is 0. The molecule has 2 aromatic rings. The molecule has 1 heterocycles. The monoisotopic (exact) mass is 335 g/mol. The van der Waals surface area contributed by atoms with Crippen LogP contribution in [0.5, 0.6) is 5.75 Å². The van der Waals surface area contributed by atoms with Crippen molar-refractivity contribution in [2.45, 2.75) is 32.4 Å². The van der Waals surface area contributed by atoms with Gasteiger partial charge in [0.25, 0.3) is 0 Å². The van der Waals surface area contributed by atoms with Crippen molar-refractivity contribution in [3.05, 3.63) is 29.8 Å². The fourth-order valence-corrected chi connectivity index (χ4v) is 2.06. The van der Waals surface area contributed by atoms with Gasteiger partial charge in [-0.25, -0.2) is 8.78 Å². The van der Waals surface area contributed by atoms with Gasteiger partial charge in [-0.05, 0) is 44.7 Å². The lowest BCUT2D eigenvalue weighted by molar-refractivity contribution is 0.206. The summed E-state index contributed by atoms with van der Waals surface area (Å²) in [6.45, 7) is 3.14. The van der Waals surface area contributed by atoms with E-state index < -0.39 is 11.5 Å². The Morgan fingerprint density at radius 1 is 1.29 bits per heavy atom. The summed E-state index contributed by atoms with van der Waals surface area (Å²) < 4.78 is 33.9. The maximum Gasteiger partial charge on any atom is 0.232 e. The molecule has 1 saturated carbocycles. The number of hydrogen-bond donors (Lipinski definition) is 2. The van der Waals surface area contributed by atoms with Gasteiger partial charge in [-0.3, -0.25) is 0 Å². The molecular formula is C16H19F2N5O. The highest BCUT2D eigenvalue weighted by atomic mass is 19.1. The van der Waals surface area contributed by atoms with Crippen LogP contribution in [-0.2, 0) is 5.67 Å². The van der Waals surface area contributed by atoms with Crippen molar-refractivity contribution < 1.29 is 13.5 Å². The quantitative estimate of drug-likeness (QED) is 0.842. The summed E-state index contributed by atoms with van der Waals surface area (Å²) in [4.78, 5) is 11.6. The first-order valence-electron chi connectivity index (χ1n) is 7.72. The van der Waals surface area contributed by atoms with Gasteiger partial charge in [0.2, 0.25) is 11.9 Å². The fraction of sp³-hybridized carbons (Fsp3) is 0.438. The minimum absolute atomic E-state index is 0.0374. The molecule has 1 aromatic carbocycles. The smallest absolute Gasteiger partial charge is 0.232 e. The molecule has 24 heavy (non-hydrogen) atoms. The van der Waals surface area contributed by atoms with Crippen molar-refractivity contribution in [2.24, 2.45) is 5.92 Å². The lowest BCUT2D eigenvalue weighted by atomic mass is 10.1. The largest absolute Gasteiger partial charge is 0.491 e. The van der Waals surface area contributed by atoms with Crippen molar-refractivity contribution in [1.82, 2.24) is 15.0 Å². The van der Waals surface area contributed by atoms with Gasteiger partial charge in [0.1, 0.15) is 11.4 Å². The number of nitrogen functional groups attached to an aromatic ring is 1. The molecule has 0 atom stereocenters. The van der Waals surface area contributed by atoms with Gasteiger partial charge in [0.15, 0.2) is 17.3 Å². The molecule has 0 saturated heterocycles. The molecule has 0 radical (unpaired) electrons. The van der Waals surface area contributed by atoms with Crippen LogP contribution in [0.2, 0.25) is 0 Å². The first-order valence-corrected chi connectivity index (χ1v) is 7.72. The average molecular weight is 335 g/mol.